The maximum atomic E-state index is 14.7. The van der Waals surface area contributed by atoms with Crippen LogP contribution in [0, 0.1) is 18.7 Å². The van der Waals surface area contributed by atoms with E-state index in [1.807, 2.05) is 0 Å². The summed E-state index contributed by atoms with van der Waals surface area (Å²) in [5.74, 6) is -2.16. The minimum Gasteiger partial charge on any atom is -0.347 e. The van der Waals surface area contributed by atoms with Crippen molar-refractivity contribution in [1.82, 2.24) is 10.2 Å². The van der Waals surface area contributed by atoms with Gasteiger partial charge in [-0.3, -0.25) is 9.59 Å². The molecule has 194 valence electrons. The Morgan fingerprint density at radius 1 is 1.08 bits per heavy atom. The van der Waals surface area contributed by atoms with Crippen LogP contribution in [-0.2, 0) is 20.8 Å². The molecule has 2 atom stereocenters. The molecule has 4 rings (SSSR count). The molecule has 1 N–H and O–H groups in total. The van der Waals surface area contributed by atoms with Gasteiger partial charge in [-0.15, -0.1) is 0 Å². The topological polar surface area (TPSA) is 83.6 Å². The number of nitrogens with one attached hydrogen (secondary N) is 1. The number of likely N-dealkylation sites (tertiary alicyclic amines) is 1. The zero-order valence-electron chi connectivity index (χ0n) is 19.7. The molecule has 1 aliphatic carbocycles. The summed E-state index contributed by atoms with van der Waals surface area (Å²) in [4.78, 5) is 27.9. The van der Waals surface area contributed by atoms with E-state index >= 15 is 0 Å². The minimum atomic E-state index is -4.69. The van der Waals surface area contributed by atoms with Crippen LogP contribution in [0.2, 0.25) is 0 Å². The lowest BCUT2D eigenvalue weighted by atomic mass is 9.99. The summed E-state index contributed by atoms with van der Waals surface area (Å²) in [5.41, 5.74) is -0.401. The van der Waals surface area contributed by atoms with E-state index in [4.69, 9.17) is 0 Å². The molecule has 1 heterocycles. The van der Waals surface area contributed by atoms with Crippen molar-refractivity contribution in [2.24, 2.45) is 5.92 Å². The lowest BCUT2D eigenvalue weighted by Gasteiger charge is -2.28. The molecule has 2 aromatic carbocycles. The maximum absolute atomic E-state index is 14.7. The van der Waals surface area contributed by atoms with Crippen molar-refractivity contribution in [3.05, 3.63) is 64.5 Å². The fourth-order valence-corrected chi connectivity index (χ4v) is 5.23. The van der Waals surface area contributed by atoms with Crippen molar-refractivity contribution in [2.75, 3.05) is 12.8 Å². The quantitative estimate of drug-likeness (QED) is 0.565. The Labute approximate surface area is 206 Å². The molecule has 2 amide bonds. The Kier molecular flexibility index (Phi) is 6.89. The zero-order chi connectivity index (χ0) is 26.4. The monoisotopic (exact) mass is 526 g/mol. The summed E-state index contributed by atoms with van der Waals surface area (Å²) >= 11 is 0. The number of hydrogen-bond acceptors (Lipinski definition) is 4. The van der Waals surface area contributed by atoms with E-state index in [0.29, 0.717) is 37.3 Å². The largest absolute Gasteiger partial charge is 0.416 e. The molecular weight excluding hydrogens is 500 g/mol. The standard InChI is InChI=1S/C25H26F4N2O4S/c1-14-5-9-17(36(2,34)35)13-19(14)24(33)31-11-3-4-21(31)23(32)30-22(15-6-7-15)18-10-8-16(12-20(18)26)25(27,28)29/h5,8-10,12-13,15,21-22H,3-4,6-7,11H2,1-2H3,(H,30,32)/t21-,22?/m1/s1. The Morgan fingerprint density at radius 3 is 2.36 bits per heavy atom. The Balaban J connectivity index is 1.56. The second-order valence-electron chi connectivity index (χ2n) is 9.46. The zero-order valence-corrected chi connectivity index (χ0v) is 20.5. The predicted molar refractivity (Wildman–Crippen MR) is 123 cm³/mol. The fraction of sp³-hybridized carbons (Fsp3) is 0.440. The van der Waals surface area contributed by atoms with Crippen molar-refractivity contribution in [3.63, 3.8) is 0 Å². The molecule has 2 aromatic rings. The normalized spacial score (nSPS) is 19.3. The predicted octanol–water partition coefficient (Wildman–Crippen LogP) is 4.43. The molecule has 1 aliphatic heterocycles. The Hall–Kier alpha value is -2.95. The van der Waals surface area contributed by atoms with Crippen molar-refractivity contribution in [1.29, 1.82) is 0 Å². The number of aryl methyl sites for hydroxylation is 1. The summed E-state index contributed by atoms with van der Waals surface area (Å²) in [6.07, 6.45) is -1.37. The van der Waals surface area contributed by atoms with Gasteiger partial charge in [-0.05, 0) is 68.4 Å². The Bertz CT molecular complexity index is 1310. The fourth-order valence-electron chi connectivity index (χ4n) is 4.58. The van der Waals surface area contributed by atoms with Gasteiger partial charge in [0, 0.05) is 23.9 Å². The lowest BCUT2D eigenvalue weighted by molar-refractivity contribution is -0.137. The number of sulfone groups is 1. The van der Waals surface area contributed by atoms with E-state index in [0.717, 1.165) is 18.4 Å². The number of halogens is 4. The molecule has 1 saturated heterocycles. The number of amides is 2. The molecule has 0 radical (unpaired) electrons. The van der Waals surface area contributed by atoms with Crippen molar-refractivity contribution < 1.29 is 35.6 Å². The molecule has 11 heteroatoms. The number of alkyl halides is 3. The van der Waals surface area contributed by atoms with Crippen molar-refractivity contribution >= 4 is 21.7 Å². The van der Waals surface area contributed by atoms with E-state index in [2.05, 4.69) is 5.32 Å². The van der Waals surface area contributed by atoms with Crippen LogP contribution < -0.4 is 5.32 Å². The first-order valence-electron chi connectivity index (χ1n) is 11.6. The smallest absolute Gasteiger partial charge is 0.347 e. The van der Waals surface area contributed by atoms with Crippen molar-refractivity contribution in [2.45, 2.75) is 55.8 Å². The van der Waals surface area contributed by atoms with Gasteiger partial charge < -0.3 is 10.2 Å². The van der Waals surface area contributed by atoms with E-state index in [1.165, 1.54) is 23.1 Å². The number of carbonyl (C=O) groups excluding carboxylic acids is 2. The highest BCUT2D eigenvalue weighted by Crippen LogP contribution is 2.43. The molecule has 0 bridgehead atoms. The lowest BCUT2D eigenvalue weighted by Crippen LogP contribution is -2.47. The average Bonchev–Trinajstić information content (AvgIpc) is 3.51. The summed E-state index contributed by atoms with van der Waals surface area (Å²) in [5, 5.41) is 2.77. The van der Waals surface area contributed by atoms with E-state index in [9.17, 15) is 35.6 Å². The minimum absolute atomic E-state index is 0.0109. The third kappa shape index (κ3) is 5.40. The maximum Gasteiger partial charge on any atom is 0.416 e. The van der Waals surface area contributed by atoms with Crippen molar-refractivity contribution in [3.8, 4) is 0 Å². The van der Waals surface area contributed by atoms with Crippen LogP contribution in [0.15, 0.2) is 41.3 Å². The van der Waals surface area contributed by atoms with E-state index in [1.54, 1.807) is 6.92 Å². The average molecular weight is 527 g/mol. The van der Waals surface area contributed by atoms with Gasteiger partial charge in [0.15, 0.2) is 9.84 Å². The van der Waals surface area contributed by atoms with Gasteiger partial charge in [0.2, 0.25) is 5.91 Å². The number of nitrogens with zero attached hydrogens (tertiary/aromatic N) is 1. The number of rotatable bonds is 6. The van der Waals surface area contributed by atoms with Crippen LogP contribution in [0.4, 0.5) is 17.6 Å². The number of carbonyl (C=O) groups is 2. The number of hydrogen-bond donors (Lipinski definition) is 1. The van der Waals surface area contributed by atoms with Gasteiger partial charge in [-0.1, -0.05) is 12.1 Å². The van der Waals surface area contributed by atoms with Crippen LogP contribution in [-0.4, -0.2) is 44.0 Å². The first kappa shape index (κ1) is 26.1. The highest BCUT2D eigenvalue weighted by molar-refractivity contribution is 7.90. The molecule has 0 spiro atoms. The first-order chi connectivity index (χ1) is 16.8. The third-order valence-corrected chi connectivity index (χ3v) is 7.85. The second-order valence-corrected chi connectivity index (χ2v) is 11.5. The van der Waals surface area contributed by atoms with Gasteiger partial charge in [-0.2, -0.15) is 13.2 Å². The molecule has 2 fully saturated rings. The SMILES string of the molecule is Cc1ccc(S(C)(=O)=O)cc1C(=O)N1CCC[C@@H]1C(=O)NC(c1ccc(C(F)(F)F)cc1F)C1CC1. The molecule has 6 nitrogen and oxygen atoms in total. The van der Waals surface area contributed by atoms with E-state index in [-0.39, 0.29) is 28.5 Å². The summed E-state index contributed by atoms with van der Waals surface area (Å²) in [6, 6.07) is 4.84. The van der Waals surface area contributed by atoms with Crippen LogP contribution in [0.3, 0.4) is 0 Å². The third-order valence-electron chi connectivity index (χ3n) is 6.74. The highest BCUT2D eigenvalue weighted by atomic mass is 32.2. The van der Waals surface area contributed by atoms with Crippen LogP contribution in [0.1, 0.15) is 58.8 Å². The molecule has 2 aliphatic rings. The molecule has 1 unspecified atom stereocenters. The summed E-state index contributed by atoms with van der Waals surface area (Å²) in [7, 11) is -3.55. The van der Waals surface area contributed by atoms with E-state index < -0.39 is 51.3 Å². The highest BCUT2D eigenvalue weighted by Gasteiger charge is 2.41. The van der Waals surface area contributed by atoms with Crippen LogP contribution in [0.5, 0.6) is 0 Å². The Morgan fingerprint density at radius 2 is 1.78 bits per heavy atom. The molecule has 0 aromatic heterocycles. The summed E-state index contributed by atoms with van der Waals surface area (Å²) in [6.45, 7) is 1.95. The van der Waals surface area contributed by atoms with Gasteiger partial charge in [-0.25, -0.2) is 12.8 Å². The second kappa shape index (κ2) is 9.49. The number of benzene rings is 2. The molecular formula is C25H26F4N2O4S. The summed E-state index contributed by atoms with van der Waals surface area (Å²) < 4.78 is 77.5. The van der Waals surface area contributed by atoms with Gasteiger partial charge in [0.25, 0.3) is 5.91 Å². The van der Waals surface area contributed by atoms with Crippen LogP contribution >= 0.6 is 0 Å². The first-order valence-corrected chi connectivity index (χ1v) is 13.4. The van der Waals surface area contributed by atoms with Gasteiger partial charge >= 0.3 is 6.18 Å². The molecule has 36 heavy (non-hydrogen) atoms. The molecule has 1 saturated carbocycles. The van der Waals surface area contributed by atoms with Gasteiger partial charge in [0.1, 0.15) is 11.9 Å². The van der Waals surface area contributed by atoms with Crippen LogP contribution in [0.25, 0.3) is 0 Å². The van der Waals surface area contributed by atoms with Gasteiger partial charge in [0.05, 0.1) is 16.5 Å².